The third-order valence-electron chi connectivity index (χ3n) is 5.92. The van der Waals surface area contributed by atoms with Gasteiger partial charge in [-0.15, -0.1) is 12.4 Å². The van der Waals surface area contributed by atoms with Crippen molar-refractivity contribution >= 4 is 22.4 Å². The Morgan fingerprint density at radius 3 is 2.55 bits per heavy atom. The standard InChI is InChI=1S/C23H28N4O2S.ClH/c1-24-22-11-10-19-9-8-18(16-25-30(28,29)23-12-13-27(2)26-23)15-20(19)21(22)14-17-6-4-3-5-7-17;/h3-9,12-13,15,21-22,24-25H,10-11,14,16H2,1-2H3;1H. The summed E-state index contributed by atoms with van der Waals surface area (Å²) in [4.78, 5) is 0. The van der Waals surface area contributed by atoms with Crippen molar-refractivity contribution in [3.63, 3.8) is 0 Å². The maximum atomic E-state index is 12.5. The van der Waals surface area contributed by atoms with Crippen molar-refractivity contribution < 1.29 is 8.42 Å². The summed E-state index contributed by atoms with van der Waals surface area (Å²) < 4.78 is 29.2. The van der Waals surface area contributed by atoms with Gasteiger partial charge in [0.25, 0.3) is 10.0 Å². The van der Waals surface area contributed by atoms with Gasteiger partial charge >= 0.3 is 0 Å². The summed E-state index contributed by atoms with van der Waals surface area (Å²) >= 11 is 0. The van der Waals surface area contributed by atoms with Crippen LogP contribution in [-0.2, 0) is 36.5 Å². The van der Waals surface area contributed by atoms with Crippen molar-refractivity contribution in [3.05, 3.63) is 83.0 Å². The number of nitrogens with zero attached hydrogens (tertiary/aromatic N) is 2. The van der Waals surface area contributed by atoms with E-state index in [1.165, 1.54) is 27.4 Å². The van der Waals surface area contributed by atoms with E-state index in [0.717, 1.165) is 24.8 Å². The van der Waals surface area contributed by atoms with E-state index in [4.69, 9.17) is 0 Å². The largest absolute Gasteiger partial charge is 0.316 e. The number of benzene rings is 2. The quantitative estimate of drug-likeness (QED) is 0.567. The monoisotopic (exact) mass is 460 g/mol. The fraction of sp³-hybridized carbons (Fsp3) is 0.348. The number of hydrogen-bond acceptors (Lipinski definition) is 4. The van der Waals surface area contributed by atoms with E-state index in [1.54, 1.807) is 13.2 Å². The molecule has 2 aromatic carbocycles. The van der Waals surface area contributed by atoms with Gasteiger partial charge in [-0.3, -0.25) is 4.68 Å². The Kier molecular flexibility index (Phi) is 7.54. The number of likely N-dealkylation sites (N-methyl/N-ethyl adjacent to an activating group) is 1. The lowest BCUT2D eigenvalue weighted by Crippen LogP contribution is -2.37. The molecule has 3 aromatic rings. The average Bonchev–Trinajstić information content (AvgIpc) is 3.21. The first-order chi connectivity index (χ1) is 14.5. The second kappa shape index (κ2) is 9.96. The summed E-state index contributed by atoms with van der Waals surface area (Å²) in [6, 6.07) is 18.8. The first-order valence-corrected chi connectivity index (χ1v) is 11.8. The third kappa shape index (κ3) is 5.36. The molecule has 2 atom stereocenters. The molecule has 1 aliphatic carbocycles. The van der Waals surface area contributed by atoms with Crippen LogP contribution in [0.1, 0.15) is 34.6 Å². The smallest absolute Gasteiger partial charge is 0.260 e. The molecule has 0 amide bonds. The van der Waals surface area contributed by atoms with Gasteiger partial charge in [-0.05, 0) is 54.6 Å². The Bertz CT molecular complexity index is 1120. The van der Waals surface area contributed by atoms with Crippen LogP contribution in [0.3, 0.4) is 0 Å². The second-order valence-electron chi connectivity index (χ2n) is 7.92. The average molecular weight is 461 g/mol. The van der Waals surface area contributed by atoms with Gasteiger partial charge in [0.05, 0.1) is 0 Å². The Morgan fingerprint density at radius 2 is 1.87 bits per heavy atom. The SMILES string of the molecule is CNC1CCc2ccc(CNS(=O)(=O)c3ccn(C)n3)cc2C1Cc1ccccc1.Cl. The summed E-state index contributed by atoms with van der Waals surface area (Å²) in [5.41, 5.74) is 4.96. The van der Waals surface area contributed by atoms with E-state index in [1.807, 2.05) is 19.2 Å². The molecule has 0 spiro atoms. The van der Waals surface area contributed by atoms with Crippen molar-refractivity contribution in [2.75, 3.05) is 7.05 Å². The zero-order chi connectivity index (χ0) is 21.1. The molecule has 0 fully saturated rings. The molecule has 1 heterocycles. The Labute approximate surface area is 190 Å². The molecule has 2 unspecified atom stereocenters. The van der Waals surface area contributed by atoms with Crippen LogP contribution in [0.25, 0.3) is 0 Å². The minimum absolute atomic E-state index is 0. The Morgan fingerprint density at radius 1 is 1.10 bits per heavy atom. The molecule has 8 heteroatoms. The predicted molar refractivity (Wildman–Crippen MR) is 125 cm³/mol. The van der Waals surface area contributed by atoms with Crippen LogP contribution >= 0.6 is 12.4 Å². The van der Waals surface area contributed by atoms with Gasteiger partial charge in [-0.25, -0.2) is 13.1 Å². The van der Waals surface area contributed by atoms with E-state index >= 15 is 0 Å². The molecule has 6 nitrogen and oxygen atoms in total. The van der Waals surface area contributed by atoms with Gasteiger partial charge in [-0.1, -0.05) is 48.5 Å². The number of sulfonamides is 1. The summed E-state index contributed by atoms with van der Waals surface area (Å²) in [5.74, 6) is 0.355. The molecular formula is C23H29ClN4O2S. The molecule has 0 saturated heterocycles. The van der Waals surface area contributed by atoms with Crippen molar-refractivity contribution in [2.24, 2.45) is 7.05 Å². The summed E-state index contributed by atoms with van der Waals surface area (Å²) in [7, 11) is 0.0975. The summed E-state index contributed by atoms with van der Waals surface area (Å²) in [5, 5.41) is 7.54. The minimum Gasteiger partial charge on any atom is -0.316 e. The highest BCUT2D eigenvalue weighted by Gasteiger charge is 2.29. The minimum atomic E-state index is -3.63. The Hall–Kier alpha value is -2.19. The number of hydrogen-bond donors (Lipinski definition) is 2. The summed E-state index contributed by atoms with van der Waals surface area (Å²) in [6.07, 6.45) is 4.72. The van der Waals surface area contributed by atoms with E-state index in [2.05, 4.69) is 51.5 Å². The molecule has 2 N–H and O–H groups in total. The van der Waals surface area contributed by atoms with Crippen LogP contribution < -0.4 is 10.0 Å². The van der Waals surface area contributed by atoms with Gasteiger partial charge in [0, 0.05) is 31.7 Å². The number of fused-ring (bicyclic) bond motifs is 1. The molecule has 0 aliphatic heterocycles. The Balaban J connectivity index is 0.00000272. The third-order valence-corrected chi connectivity index (χ3v) is 7.21. The molecule has 0 saturated carbocycles. The van der Waals surface area contributed by atoms with Crippen LogP contribution in [0.15, 0.2) is 65.8 Å². The molecule has 31 heavy (non-hydrogen) atoms. The van der Waals surface area contributed by atoms with Gasteiger partial charge < -0.3 is 5.32 Å². The first-order valence-electron chi connectivity index (χ1n) is 10.3. The van der Waals surface area contributed by atoms with Gasteiger partial charge in [-0.2, -0.15) is 5.10 Å². The fourth-order valence-corrected chi connectivity index (χ4v) is 5.29. The normalized spacial score (nSPS) is 18.3. The van der Waals surface area contributed by atoms with Crippen molar-refractivity contribution in [1.82, 2.24) is 19.8 Å². The van der Waals surface area contributed by atoms with E-state index in [0.29, 0.717) is 12.0 Å². The number of halogens is 1. The van der Waals surface area contributed by atoms with Crippen LogP contribution in [0.4, 0.5) is 0 Å². The van der Waals surface area contributed by atoms with Crippen molar-refractivity contribution in [2.45, 2.75) is 42.8 Å². The number of rotatable bonds is 7. The molecule has 1 aromatic heterocycles. The molecule has 0 radical (unpaired) electrons. The highest BCUT2D eigenvalue weighted by Crippen LogP contribution is 2.35. The lowest BCUT2D eigenvalue weighted by atomic mass is 9.75. The highest BCUT2D eigenvalue weighted by molar-refractivity contribution is 7.89. The molecule has 4 rings (SSSR count). The maximum Gasteiger partial charge on any atom is 0.260 e. The van der Waals surface area contributed by atoms with Crippen LogP contribution in [0, 0.1) is 0 Å². The number of aromatic nitrogens is 2. The predicted octanol–water partition coefficient (Wildman–Crippen LogP) is 3.18. The van der Waals surface area contributed by atoms with Gasteiger partial charge in [0.1, 0.15) is 0 Å². The van der Waals surface area contributed by atoms with Crippen LogP contribution in [0.2, 0.25) is 0 Å². The lowest BCUT2D eigenvalue weighted by molar-refractivity contribution is 0.409. The zero-order valence-corrected chi connectivity index (χ0v) is 19.4. The zero-order valence-electron chi connectivity index (χ0n) is 17.8. The summed E-state index contributed by atoms with van der Waals surface area (Å²) in [6.45, 7) is 0.245. The second-order valence-corrected chi connectivity index (χ2v) is 9.63. The first kappa shape index (κ1) is 23.5. The van der Waals surface area contributed by atoms with Gasteiger partial charge in [0.2, 0.25) is 0 Å². The van der Waals surface area contributed by atoms with E-state index in [-0.39, 0.29) is 24.0 Å². The molecule has 1 aliphatic rings. The molecular weight excluding hydrogens is 432 g/mol. The highest BCUT2D eigenvalue weighted by atomic mass is 35.5. The number of aryl methyl sites for hydroxylation is 2. The topological polar surface area (TPSA) is 76.0 Å². The van der Waals surface area contributed by atoms with Crippen molar-refractivity contribution in [1.29, 1.82) is 0 Å². The molecule has 0 bridgehead atoms. The lowest BCUT2D eigenvalue weighted by Gasteiger charge is -2.34. The van der Waals surface area contributed by atoms with E-state index < -0.39 is 10.0 Å². The number of nitrogens with one attached hydrogen (secondary N) is 2. The van der Waals surface area contributed by atoms with Gasteiger partial charge in [0.15, 0.2) is 5.03 Å². The van der Waals surface area contributed by atoms with Crippen LogP contribution in [-0.4, -0.2) is 31.3 Å². The van der Waals surface area contributed by atoms with Crippen molar-refractivity contribution in [3.8, 4) is 0 Å². The van der Waals surface area contributed by atoms with Crippen LogP contribution in [0.5, 0.6) is 0 Å². The van der Waals surface area contributed by atoms with E-state index in [9.17, 15) is 8.42 Å². The molecule has 166 valence electrons. The fourth-order valence-electron chi connectivity index (χ4n) is 4.31. The maximum absolute atomic E-state index is 12.5.